The molecule has 3 aromatic heterocycles. The summed E-state index contributed by atoms with van der Waals surface area (Å²) in [6.07, 6.45) is -2.71. The average Bonchev–Trinajstić information content (AvgIpc) is 1.60. The van der Waals surface area contributed by atoms with Crippen LogP contribution in [0.1, 0.15) is 0 Å². The van der Waals surface area contributed by atoms with Crippen LogP contribution in [0.2, 0.25) is 0 Å². The lowest BCUT2D eigenvalue weighted by atomic mass is 10.1. The fourth-order valence-corrected chi connectivity index (χ4v) is 19.3. The quantitative estimate of drug-likeness (QED) is 0.0400. The van der Waals surface area contributed by atoms with Crippen LogP contribution in [-0.4, -0.2) is 117 Å². The first-order chi connectivity index (χ1) is 71.3. The normalized spacial score (nSPS) is 11.8. The average molecular weight is 1880 g/mol. The Hall–Kier alpha value is -18.6. The highest BCUT2D eigenvalue weighted by Gasteiger charge is 2.29. The van der Waals surface area contributed by atoms with Crippen LogP contribution in [0.5, 0.6) is 69.0 Å². The third kappa shape index (κ3) is 17.9. The summed E-state index contributed by atoms with van der Waals surface area (Å²) in [5.41, 5.74) is 4.13. The van der Waals surface area contributed by atoms with Crippen LogP contribution in [0.4, 0.5) is 0 Å². The number of H-pyrrole nitrogens is 2. The van der Waals surface area contributed by atoms with E-state index < -0.39 is 24.4 Å². The smallest absolute Gasteiger partial charge is 0.166 e. The van der Waals surface area contributed by atoms with E-state index in [0.717, 1.165) is 86.2 Å². The van der Waals surface area contributed by atoms with E-state index >= 15 is 0 Å². The van der Waals surface area contributed by atoms with Gasteiger partial charge in [0, 0.05) is 86.9 Å². The summed E-state index contributed by atoms with van der Waals surface area (Å²) in [7, 11) is 0. The molecule has 0 unspecified atom stereocenters. The number of hydrogen-bond acceptors (Lipinski definition) is 18. The van der Waals surface area contributed by atoms with Gasteiger partial charge in [0.25, 0.3) is 0 Å². The molecule has 0 radical (unpaired) electrons. The van der Waals surface area contributed by atoms with Crippen molar-refractivity contribution in [2.24, 2.45) is 0 Å². The Labute approximate surface area is 826 Å². The number of ether oxygens (including phenoxy) is 12. The number of rotatable bonds is 32. The van der Waals surface area contributed by atoms with Gasteiger partial charge in [0.05, 0.1) is 0 Å². The van der Waals surface area contributed by atoms with Crippen LogP contribution in [0.3, 0.4) is 0 Å². The van der Waals surface area contributed by atoms with Gasteiger partial charge in [-0.1, -0.05) is 291 Å². The summed E-state index contributed by atoms with van der Waals surface area (Å²) in [5, 5.41) is 18.7. The highest BCUT2D eigenvalue weighted by atomic mass is 16.6. The number of aromatic amines is 2. The van der Waals surface area contributed by atoms with E-state index in [1.807, 2.05) is 267 Å². The maximum absolute atomic E-state index is 7.22. The number of fused-ring (bicyclic) bond motifs is 28. The molecule has 25 rings (SSSR count). The predicted octanol–water partition coefficient (Wildman–Crippen LogP) is 27.7. The first-order valence-corrected chi connectivity index (χ1v) is 48.2. The minimum absolute atomic E-state index is 0.110. The zero-order valence-electron chi connectivity index (χ0n) is 77.8. The molecule has 20 nitrogen and oxygen atoms in total. The topological polar surface area (TPSA) is 220 Å². The van der Waals surface area contributed by atoms with Gasteiger partial charge in [-0.15, -0.1) is 0 Å². The zero-order chi connectivity index (χ0) is 95.6. The standard InChI is InChI=1S/C124H90N8O12/c1-9-41-93-77(25-1)33-17-49-109(93)133-69-89(70-134-110-50-18-34-78-26-2-10-42-94(78)110)141-85-57-61-101-105(65-85)121-125-117(101)130-122-107-67-87(143-91(73-137-113-53-21-37-81-29-5-13-45-97(81)113)74-138-114-54-22-38-82-30-6-14-46-98(82)114)59-63-103(107)119(127-122)132-124-108-68-88(144-92(75-139-115-55-23-39-83-31-7-15-47-99(83)115)76-140-116-56-24-40-84-32-8-16-48-100(84)116)60-64-104(108)120(128-124)131-123-106-66-86(58-62-102(106)118(126-123)129-121)142-90(71-135-111-51-19-35-79-27-3-11-43-95(79)111)72-136-112-52-20-36-80-28-4-12-44-96(80)112/h1-68,89-92H,69-76H2,(H2,125,126,127,128,129,130,131,132). The molecule has 5 heterocycles. The van der Waals surface area contributed by atoms with Gasteiger partial charge in [-0.25, -0.2) is 29.9 Å². The SMILES string of the molecule is c1ccc2c(OCC(COc3cccc4ccccc34)Oc3ccc4c(c3)-c3nc-4nc4[nH]c(nc5nc(nc6[nH]c(n3)c3ccc(OC(COc7cccc8ccccc78)COc7cccc8ccccc78)cc63)-c3ccc(OC(COc6cccc7ccccc67)COc6cccc7ccccc67)cc3-5)c3ccc(OC(COc5cccc6ccccc56)COc5cccc6ccccc56)cc43)cccc2c1. The molecule has 8 bridgehead atoms. The van der Waals surface area contributed by atoms with E-state index in [-0.39, 0.29) is 52.9 Å². The van der Waals surface area contributed by atoms with Crippen molar-refractivity contribution >= 4 is 130 Å². The lowest BCUT2D eigenvalue weighted by molar-refractivity contribution is 0.0824. The van der Waals surface area contributed by atoms with Crippen molar-refractivity contribution in [1.82, 2.24) is 39.9 Å². The van der Waals surface area contributed by atoms with E-state index in [0.29, 0.717) is 159 Å². The minimum Gasteiger partial charge on any atom is -0.489 e. The molecule has 0 amide bonds. The fourth-order valence-electron chi connectivity index (χ4n) is 19.3. The predicted molar refractivity (Wildman–Crippen MR) is 569 cm³/mol. The number of aromatic nitrogens is 8. The number of nitrogens with one attached hydrogen (secondary N) is 2. The van der Waals surface area contributed by atoms with Gasteiger partial charge in [-0.2, -0.15) is 0 Å². The molecule has 20 heteroatoms. The van der Waals surface area contributed by atoms with Crippen LogP contribution in [0.15, 0.2) is 413 Å². The first kappa shape index (κ1) is 87.0. The van der Waals surface area contributed by atoms with Gasteiger partial charge in [0.1, 0.15) is 144 Å². The second-order valence-corrected chi connectivity index (χ2v) is 35.7. The molecule has 0 saturated heterocycles. The summed E-state index contributed by atoms with van der Waals surface area (Å²) in [6.45, 7) is 0.888. The van der Waals surface area contributed by atoms with Gasteiger partial charge < -0.3 is 66.8 Å². The second-order valence-electron chi connectivity index (χ2n) is 35.7. The highest BCUT2D eigenvalue weighted by molar-refractivity contribution is 6.08. The van der Waals surface area contributed by atoms with Gasteiger partial charge >= 0.3 is 0 Å². The summed E-state index contributed by atoms with van der Waals surface area (Å²) >= 11 is 0. The maximum Gasteiger partial charge on any atom is 0.166 e. The molecule has 0 aliphatic carbocycles. The summed E-state index contributed by atoms with van der Waals surface area (Å²) in [5.74, 6) is 8.89. The largest absolute Gasteiger partial charge is 0.489 e. The van der Waals surface area contributed by atoms with Crippen LogP contribution < -0.4 is 56.8 Å². The van der Waals surface area contributed by atoms with E-state index in [1.165, 1.54) is 0 Å². The van der Waals surface area contributed by atoms with Gasteiger partial charge in [0.2, 0.25) is 0 Å². The highest BCUT2D eigenvalue weighted by Crippen LogP contribution is 2.44. The Balaban J connectivity index is 0.654. The molecular formula is C124H90N8O12. The van der Waals surface area contributed by atoms with Gasteiger partial charge in [-0.3, -0.25) is 0 Å². The number of benzene rings is 20. The molecule has 0 saturated carbocycles. The van der Waals surface area contributed by atoms with Crippen molar-refractivity contribution < 1.29 is 56.8 Å². The van der Waals surface area contributed by atoms with Gasteiger partial charge in [0.15, 0.2) is 47.7 Å². The zero-order valence-corrected chi connectivity index (χ0v) is 77.8. The van der Waals surface area contributed by atoms with Gasteiger partial charge in [-0.05, 0) is 164 Å². The number of nitrogens with zero attached hydrogens (tertiary/aromatic N) is 6. The van der Waals surface area contributed by atoms with Crippen molar-refractivity contribution in [3.63, 3.8) is 0 Å². The molecule has 2 aliphatic rings. The van der Waals surface area contributed by atoms with E-state index in [4.69, 9.17) is 86.7 Å². The first-order valence-electron chi connectivity index (χ1n) is 48.2. The lowest BCUT2D eigenvalue weighted by Crippen LogP contribution is -2.31. The molecule has 0 fully saturated rings. The molecule has 698 valence electrons. The Morgan fingerprint density at radius 1 is 0.160 bits per heavy atom. The van der Waals surface area contributed by atoms with Crippen molar-refractivity contribution in [1.29, 1.82) is 0 Å². The summed E-state index contributed by atoms with van der Waals surface area (Å²) in [6, 6.07) is 137. The third-order valence-corrected chi connectivity index (χ3v) is 26.3. The maximum atomic E-state index is 7.22. The van der Waals surface area contributed by atoms with Crippen LogP contribution in [-0.2, 0) is 0 Å². The summed E-state index contributed by atoms with van der Waals surface area (Å²) < 4.78 is 83.4. The monoisotopic (exact) mass is 1880 g/mol. The molecular weight excluding hydrogens is 1790 g/mol. The van der Waals surface area contributed by atoms with Crippen molar-refractivity contribution in [2.75, 3.05) is 52.9 Å². The van der Waals surface area contributed by atoms with Crippen LogP contribution in [0, 0.1) is 0 Å². The Morgan fingerprint density at radius 2 is 0.347 bits per heavy atom. The Bertz CT molecular complexity index is 8170. The molecule has 23 aromatic rings. The Morgan fingerprint density at radius 3 is 0.576 bits per heavy atom. The van der Waals surface area contributed by atoms with Crippen LogP contribution >= 0.6 is 0 Å². The van der Waals surface area contributed by atoms with Crippen molar-refractivity contribution in [2.45, 2.75) is 24.4 Å². The molecule has 144 heavy (non-hydrogen) atoms. The van der Waals surface area contributed by atoms with E-state index in [9.17, 15) is 0 Å². The summed E-state index contributed by atoms with van der Waals surface area (Å²) in [4.78, 5) is 41.0. The number of hydrogen-bond donors (Lipinski definition) is 2. The minimum atomic E-state index is -0.679. The van der Waals surface area contributed by atoms with Crippen molar-refractivity contribution in [3.8, 4) is 115 Å². The Kier molecular flexibility index (Phi) is 23.4. The van der Waals surface area contributed by atoms with E-state index in [1.54, 1.807) is 0 Å². The van der Waals surface area contributed by atoms with Crippen LogP contribution in [0.25, 0.3) is 176 Å². The van der Waals surface area contributed by atoms with E-state index in [2.05, 4.69) is 156 Å². The molecule has 20 aromatic carbocycles. The lowest BCUT2D eigenvalue weighted by Gasteiger charge is -2.21. The molecule has 0 atom stereocenters. The van der Waals surface area contributed by atoms with Crippen molar-refractivity contribution in [3.05, 3.63) is 413 Å². The molecule has 2 aliphatic heterocycles. The molecule has 2 N–H and O–H groups in total. The second kappa shape index (κ2) is 38.7. The molecule has 0 spiro atoms. The fraction of sp³-hybridized carbons (Fsp3) is 0.0968. The third-order valence-electron chi connectivity index (χ3n) is 26.3.